The molecule has 0 unspecified atom stereocenters. The van der Waals surface area contributed by atoms with Gasteiger partial charge in [0.15, 0.2) is 5.82 Å². The molecule has 0 radical (unpaired) electrons. The smallest absolute Gasteiger partial charge is 0.225 e. The van der Waals surface area contributed by atoms with Crippen molar-refractivity contribution in [2.45, 2.75) is 0 Å². The van der Waals surface area contributed by atoms with Crippen LogP contribution in [0.3, 0.4) is 0 Å². The first-order chi connectivity index (χ1) is 8.40. The average Bonchev–Trinajstić information content (AvgIpc) is 2.30. The van der Waals surface area contributed by atoms with E-state index in [1.165, 1.54) is 6.07 Å². The third-order valence-electron chi connectivity index (χ3n) is 2.39. The lowest BCUT2D eigenvalue weighted by Gasteiger charge is -2.12. The molecule has 0 bridgehead atoms. The van der Waals surface area contributed by atoms with Gasteiger partial charge in [0, 0.05) is 5.56 Å². The van der Waals surface area contributed by atoms with E-state index in [1.807, 2.05) is 0 Å². The largest absolute Gasteiger partial charge is 0.397 e. The Labute approximate surface area is 102 Å². The molecule has 0 aliphatic heterocycles. The molecule has 0 aliphatic rings. The van der Waals surface area contributed by atoms with E-state index < -0.39 is 0 Å². The summed E-state index contributed by atoms with van der Waals surface area (Å²) in [6.45, 7) is 0. The van der Waals surface area contributed by atoms with Gasteiger partial charge in [-0.05, 0) is 6.07 Å². The van der Waals surface area contributed by atoms with Gasteiger partial charge in [-0.1, -0.05) is 0 Å². The van der Waals surface area contributed by atoms with Crippen LogP contribution in [0.4, 0.5) is 34.6 Å². The number of anilines is 6. The average molecular weight is 247 g/mol. The van der Waals surface area contributed by atoms with E-state index in [-0.39, 0.29) is 40.5 Å². The van der Waals surface area contributed by atoms with E-state index in [4.69, 9.17) is 34.4 Å². The topological polar surface area (TPSA) is 195 Å². The molecule has 1 aromatic heterocycles. The van der Waals surface area contributed by atoms with Crippen LogP contribution in [0.15, 0.2) is 6.07 Å². The Morgan fingerprint density at radius 3 is 1.78 bits per heavy atom. The monoisotopic (exact) mass is 247 g/mol. The zero-order valence-electron chi connectivity index (χ0n) is 9.38. The van der Waals surface area contributed by atoms with Crippen molar-refractivity contribution in [2.24, 2.45) is 0 Å². The maximum Gasteiger partial charge on any atom is 0.225 e. The fourth-order valence-electron chi connectivity index (χ4n) is 1.47. The first-order valence-corrected chi connectivity index (χ1v) is 4.90. The predicted molar refractivity (Wildman–Crippen MR) is 71.7 cm³/mol. The molecule has 0 saturated carbocycles. The maximum atomic E-state index is 5.84. The van der Waals surface area contributed by atoms with E-state index in [2.05, 4.69) is 15.0 Å². The Kier molecular flexibility index (Phi) is 2.43. The Hall–Kier alpha value is -2.97. The van der Waals surface area contributed by atoms with Crippen molar-refractivity contribution in [1.29, 1.82) is 0 Å². The van der Waals surface area contributed by atoms with E-state index >= 15 is 0 Å². The summed E-state index contributed by atoms with van der Waals surface area (Å²) in [5.41, 5.74) is 35.2. The first kappa shape index (κ1) is 11.5. The number of rotatable bonds is 1. The van der Waals surface area contributed by atoms with Crippen LogP contribution >= 0.6 is 0 Å². The molecule has 18 heavy (non-hydrogen) atoms. The van der Waals surface area contributed by atoms with Gasteiger partial charge in [0.2, 0.25) is 11.9 Å². The standard InChI is InChI=1S/C9H13N9/c10-3-1-2(4(11)6(13)5(3)12)7-16-8(14)18-9(15)17-7/h1H,10-13H2,(H4,14,15,16,17,18). The van der Waals surface area contributed by atoms with Crippen LogP contribution in [0.25, 0.3) is 11.4 Å². The maximum absolute atomic E-state index is 5.84. The Morgan fingerprint density at radius 2 is 1.22 bits per heavy atom. The van der Waals surface area contributed by atoms with Crippen LogP contribution in [0.2, 0.25) is 0 Å². The highest BCUT2D eigenvalue weighted by Gasteiger charge is 2.14. The minimum Gasteiger partial charge on any atom is -0.397 e. The summed E-state index contributed by atoms with van der Waals surface area (Å²) in [5.74, 6) is 0.146. The summed E-state index contributed by atoms with van der Waals surface area (Å²) < 4.78 is 0. The van der Waals surface area contributed by atoms with Crippen LogP contribution < -0.4 is 34.4 Å². The van der Waals surface area contributed by atoms with Crippen molar-refractivity contribution >= 4 is 34.6 Å². The molecule has 2 rings (SSSR count). The highest BCUT2D eigenvalue weighted by atomic mass is 15.1. The minimum absolute atomic E-state index is 0.0223. The molecular formula is C9H13N9. The van der Waals surface area contributed by atoms with E-state index in [9.17, 15) is 0 Å². The second kappa shape index (κ2) is 3.80. The van der Waals surface area contributed by atoms with Gasteiger partial charge in [0.1, 0.15) is 0 Å². The van der Waals surface area contributed by atoms with Crippen molar-refractivity contribution in [3.05, 3.63) is 6.07 Å². The van der Waals surface area contributed by atoms with Crippen molar-refractivity contribution in [2.75, 3.05) is 34.4 Å². The molecule has 1 aromatic carbocycles. The van der Waals surface area contributed by atoms with Gasteiger partial charge < -0.3 is 34.4 Å². The molecule has 2 aromatic rings. The first-order valence-electron chi connectivity index (χ1n) is 4.90. The molecule has 9 heteroatoms. The van der Waals surface area contributed by atoms with Crippen LogP contribution in [0.1, 0.15) is 0 Å². The number of nitrogen functional groups attached to an aromatic ring is 6. The van der Waals surface area contributed by atoms with Gasteiger partial charge >= 0.3 is 0 Å². The van der Waals surface area contributed by atoms with E-state index in [1.54, 1.807) is 0 Å². The second-order valence-corrected chi connectivity index (χ2v) is 3.63. The van der Waals surface area contributed by atoms with Crippen LogP contribution in [-0.4, -0.2) is 15.0 Å². The summed E-state index contributed by atoms with van der Waals surface area (Å²) in [5, 5.41) is 0. The Morgan fingerprint density at radius 1 is 0.667 bits per heavy atom. The quantitative estimate of drug-likeness (QED) is 0.343. The van der Waals surface area contributed by atoms with Crippen molar-refractivity contribution < 1.29 is 0 Å². The van der Waals surface area contributed by atoms with Gasteiger partial charge in [-0.3, -0.25) is 0 Å². The van der Waals surface area contributed by atoms with Crippen LogP contribution in [-0.2, 0) is 0 Å². The predicted octanol–water partition coefficient (Wildman–Crippen LogP) is -0.968. The molecule has 0 atom stereocenters. The lowest BCUT2D eigenvalue weighted by atomic mass is 10.1. The molecule has 0 spiro atoms. The van der Waals surface area contributed by atoms with E-state index in [0.717, 1.165) is 0 Å². The van der Waals surface area contributed by atoms with Gasteiger partial charge in [0.25, 0.3) is 0 Å². The highest BCUT2D eigenvalue weighted by molar-refractivity contribution is 5.95. The zero-order chi connectivity index (χ0) is 13.4. The minimum atomic E-state index is -0.0223. The number of hydrogen-bond donors (Lipinski definition) is 6. The van der Waals surface area contributed by atoms with Crippen molar-refractivity contribution in [3.63, 3.8) is 0 Å². The van der Waals surface area contributed by atoms with Gasteiger partial charge in [-0.2, -0.15) is 15.0 Å². The highest BCUT2D eigenvalue weighted by Crippen LogP contribution is 2.36. The molecule has 0 fully saturated rings. The zero-order valence-corrected chi connectivity index (χ0v) is 9.38. The summed E-state index contributed by atoms with van der Waals surface area (Å²) in [6.07, 6.45) is 0. The molecule has 12 N–H and O–H groups in total. The Balaban J connectivity index is 2.71. The van der Waals surface area contributed by atoms with Crippen molar-refractivity contribution in [1.82, 2.24) is 15.0 Å². The molecular weight excluding hydrogens is 234 g/mol. The molecule has 9 nitrogen and oxygen atoms in total. The number of hydrogen-bond acceptors (Lipinski definition) is 9. The number of nitrogens with zero attached hydrogens (tertiary/aromatic N) is 3. The summed E-state index contributed by atoms with van der Waals surface area (Å²) in [7, 11) is 0. The molecule has 0 amide bonds. The lowest BCUT2D eigenvalue weighted by Crippen LogP contribution is -2.08. The summed E-state index contributed by atoms with van der Waals surface area (Å²) in [6, 6.07) is 1.51. The molecule has 1 heterocycles. The van der Waals surface area contributed by atoms with Gasteiger partial charge in [-0.25, -0.2) is 0 Å². The molecule has 0 saturated heterocycles. The normalized spacial score (nSPS) is 10.4. The third-order valence-corrected chi connectivity index (χ3v) is 2.39. The number of aromatic nitrogens is 3. The van der Waals surface area contributed by atoms with Crippen LogP contribution in [0, 0.1) is 0 Å². The van der Waals surface area contributed by atoms with Gasteiger partial charge in [-0.15, -0.1) is 0 Å². The second-order valence-electron chi connectivity index (χ2n) is 3.63. The third kappa shape index (κ3) is 1.73. The van der Waals surface area contributed by atoms with E-state index in [0.29, 0.717) is 5.56 Å². The number of nitrogens with two attached hydrogens (primary N) is 6. The van der Waals surface area contributed by atoms with Crippen LogP contribution in [0.5, 0.6) is 0 Å². The summed E-state index contributed by atoms with van der Waals surface area (Å²) in [4.78, 5) is 11.5. The fraction of sp³-hybridized carbons (Fsp3) is 0. The fourth-order valence-corrected chi connectivity index (χ4v) is 1.47. The number of benzene rings is 1. The Bertz CT molecular complexity index is 602. The van der Waals surface area contributed by atoms with Gasteiger partial charge in [0.05, 0.1) is 22.7 Å². The van der Waals surface area contributed by atoms with Crippen molar-refractivity contribution in [3.8, 4) is 11.4 Å². The molecule has 0 aliphatic carbocycles. The SMILES string of the molecule is Nc1nc(N)nc(-c2cc(N)c(N)c(N)c2N)n1. The molecule has 94 valence electrons. The lowest BCUT2D eigenvalue weighted by molar-refractivity contribution is 1.09. The summed E-state index contributed by atoms with van der Waals surface area (Å²) >= 11 is 0.